The van der Waals surface area contributed by atoms with Crippen molar-refractivity contribution in [3.63, 3.8) is 0 Å². The van der Waals surface area contributed by atoms with Gasteiger partial charge in [-0.3, -0.25) is 0 Å². The van der Waals surface area contributed by atoms with Crippen molar-refractivity contribution in [1.29, 1.82) is 0 Å². The van der Waals surface area contributed by atoms with E-state index in [1.54, 1.807) is 31.2 Å². The number of aryl methyl sites for hydroxylation is 1. The normalized spacial score (nSPS) is 10.4. The lowest BCUT2D eigenvalue weighted by molar-refractivity contribution is 0.0696. The quantitative estimate of drug-likeness (QED) is 0.861. The molecule has 1 aromatic heterocycles. The Morgan fingerprint density at radius 1 is 1.33 bits per heavy atom. The molecule has 0 saturated heterocycles. The molecule has 18 heavy (non-hydrogen) atoms. The van der Waals surface area contributed by atoms with Gasteiger partial charge < -0.3 is 5.11 Å². The number of carboxylic acids is 1. The van der Waals surface area contributed by atoms with Crippen molar-refractivity contribution in [1.82, 2.24) is 4.98 Å². The Balaban J connectivity index is 2.78. The van der Waals surface area contributed by atoms with Crippen LogP contribution in [-0.2, 0) is 0 Å². The van der Waals surface area contributed by atoms with Crippen molar-refractivity contribution in [2.45, 2.75) is 6.92 Å². The predicted molar refractivity (Wildman–Crippen MR) is 69.0 cm³/mol. The Morgan fingerprint density at radius 3 is 2.61 bits per heavy atom. The number of pyridine rings is 1. The van der Waals surface area contributed by atoms with Crippen LogP contribution in [0.25, 0.3) is 11.1 Å². The number of aromatic nitrogens is 1. The first-order valence-corrected chi connectivity index (χ1v) is 5.95. The molecular formula is C13H9BrFNO2. The van der Waals surface area contributed by atoms with Crippen molar-refractivity contribution >= 4 is 21.9 Å². The van der Waals surface area contributed by atoms with Gasteiger partial charge in [0, 0.05) is 16.8 Å². The van der Waals surface area contributed by atoms with Crippen LogP contribution in [0.4, 0.5) is 4.39 Å². The highest BCUT2D eigenvalue weighted by molar-refractivity contribution is 9.10. The number of carbonyl (C=O) groups is 1. The molecule has 0 spiro atoms. The first-order valence-electron chi connectivity index (χ1n) is 5.16. The number of nitrogens with zero attached hydrogens (tertiary/aromatic N) is 1. The molecule has 0 saturated carbocycles. The summed E-state index contributed by atoms with van der Waals surface area (Å²) >= 11 is 3.11. The van der Waals surface area contributed by atoms with Crippen LogP contribution in [-0.4, -0.2) is 16.1 Å². The van der Waals surface area contributed by atoms with Crippen molar-refractivity contribution < 1.29 is 14.3 Å². The van der Waals surface area contributed by atoms with E-state index in [2.05, 4.69) is 20.9 Å². The lowest BCUT2D eigenvalue weighted by Gasteiger charge is -2.10. The number of carboxylic acid groups (broad SMARTS) is 1. The van der Waals surface area contributed by atoms with Gasteiger partial charge in [-0.1, -0.05) is 18.2 Å². The van der Waals surface area contributed by atoms with Gasteiger partial charge in [-0.2, -0.15) is 0 Å². The topological polar surface area (TPSA) is 50.2 Å². The van der Waals surface area contributed by atoms with Crippen LogP contribution in [0.1, 0.15) is 16.1 Å². The van der Waals surface area contributed by atoms with Gasteiger partial charge in [0.2, 0.25) is 0 Å². The summed E-state index contributed by atoms with van der Waals surface area (Å²) in [6.45, 7) is 1.72. The van der Waals surface area contributed by atoms with E-state index >= 15 is 0 Å². The van der Waals surface area contributed by atoms with Crippen molar-refractivity contribution in [2.75, 3.05) is 0 Å². The Morgan fingerprint density at radius 2 is 2.00 bits per heavy atom. The zero-order chi connectivity index (χ0) is 13.3. The average molecular weight is 310 g/mol. The largest absolute Gasteiger partial charge is 0.478 e. The van der Waals surface area contributed by atoms with Crippen LogP contribution in [0.3, 0.4) is 0 Å². The molecule has 1 heterocycles. The Kier molecular flexibility index (Phi) is 3.43. The van der Waals surface area contributed by atoms with Crippen molar-refractivity contribution in [3.05, 3.63) is 52.0 Å². The fourth-order valence-corrected chi connectivity index (χ4v) is 2.39. The SMILES string of the molecule is Cc1cc(-c2ccccc2F)c(C(=O)O)c(Br)n1. The van der Waals surface area contributed by atoms with Crippen LogP contribution < -0.4 is 0 Å². The molecule has 0 amide bonds. The van der Waals surface area contributed by atoms with Gasteiger partial charge >= 0.3 is 5.97 Å². The zero-order valence-electron chi connectivity index (χ0n) is 9.45. The minimum Gasteiger partial charge on any atom is -0.478 e. The summed E-state index contributed by atoms with van der Waals surface area (Å²) in [5.41, 5.74) is 1.15. The maximum Gasteiger partial charge on any atom is 0.339 e. The molecule has 0 radical (unpaired) electrons. The Labute approximate surface area is 111 Å². The van der Waals surface area contributed by atoms with Crippen molar-refractivity contribution in [2.24, 2.45) is 0 Å². The lowest BCUT2D eigenvalue weighted by atomic mass is 10.0. The van der Waals surface area contributed by atoms with Crippen LogP contribution in [0.5, 0.6) is 0 Å². The van der Waals surface area contributed by atoms with Crippen molar-refractivity contribution in [3.8, 4) is 11.1 Å². The van der Waals surface area contributed by atoms with Crippen LogP contribution >= 0.6 is 15.9 Å². The van der Waals surface area contributed by atoms with Crippen LogP contribution in [0.2, 0.25) is 0 Å². The zero-order valence-corrected chi connectivity index (χ0v) is 11.0. The third-order valence-electron chi connectivity index (χ3n) is 2.48. The molecule has 92 valence electrons. The fourth-order valence-electron chi connectivity index (χ4n) is 1.73. The fraction of sp³-hybridized carbons (Fsp3) is 0.0769. The van der Waals surface area contributed by atoms with Crippen LogP contribution in [0.15, 0.2) is 34.9 Å². The number of hydrogen-bond acceptors (Lipinski definition) is 2. The summed E-state index contributed by atoms with van der Waals surface area (Å²) in [6.07, 6.45) is 0. The molecule has 1 aromatic carbocycles. The second kappa shape index (κ2) is 4.86. The minimum atomic E-state index is -1.15. The van der Waals surface area contributed by atoms with Crippen LogP contribution in [0, 0.1) is 12.7 Å². The van der Waals surface area contributed by atoms with E-state index in [1.165, 1.54) is 6.07 Å². The average Bonchev–Trinajstić information content (AvgIpc) is 2.27. The van der Waals surface area contributed by atoms with E-state index in [-0.39, 0.29) is 15.7 Å². The number of rotatable bonds is 2. The van der Waals surface area contributed by atoms with E-state index in [0.717, 1.165) is 0 Å². The molecule has 1 N–H and O–H groups in total. The van der Waals surface area contributed by atoms with E-state index in [1.807, 2.05) is 0 Å². The standard InChI is InChI=1S/C13H9BrFNO2/c1-7-6-9(8-4-2-3-5-10(8)15)11(13(17)18)12(14)16-7/h2-6H,1H3,(H,17,18). The molecule has 0 aliphatic heterocycles. The minimum absolute atomic E-state index is 0.0364. The summed E-state index contributed by atoms with van der Waals surface area (Å²) in [5, 5.41) is 9.20. The Hall–Kier alpha value is -1.75. The smallest absolute Gasteiger partial charge is 0.339 e. The monoisotopic (exact) mass is 309 g/mol. The molecule has 0 aliphatic carbocycles. The Bertz CT molecular complexity index is 628. The maximum absolute atomic E-state index is 13.8. The predicted octanol–water partition coefficient (Wildman–Crippen LogP) is 3.66. The van der Waals surface area contributed by atoms with Gasteiger partial charge in [-0.25, -0.2) is 14.2 Å². The highest BCUT2D eigenvalue weighted by Gasteiger charge is 2.19. The second-order valence-corrected chi connectivity index (χ2v) is 4.51. The van der Waals surface area contributed by atoms with Gasteiger partial charge in [0.25, 0.3) is 0 Å². The molecule has 2 aromatic rings. The molecule has 0 aliphatic rings. The number of halogens is 2. The highest BCUT2D eigenvalue weighted by Crippen LogP contribution is 2.30. The molecule has 2 rings (SSSR count). The van der Waals surface area contributed by atoms with E-state index in [4.69, 9.17) is 0 Å². The van der Waals surface area contributed by atoms with E-state index in [0.29, 0.717) is 11.3 Å². The first kappa shape index (κ1) is 12.7. The first-order chi connectivity index (χ1) is 8.50. The highest BCUT2D eigenvalue weighted by atomic mass is 79.9. The summed E-state index contributed by atoms with van der Waals surface area (Å²) in [7, 11) is 0. The van der Waals surface area contributed by atoms with Gasteiger partial charge in [0.1, 0.15) is 16.0 Å². The van der Waals surface area contributed by atoms with Gasteiger partial charge in [-0.05, 0) is 35.0 Å². The van der Waals surface area contributed by atoms with Gasteiger partial charge in [0.15, 0.2) is 0 Å². The third kappa shape index (κ3) is 2.26. The third-order valence-corrected chi connectivity index (χ3v) is 3.06. The molecule has 0 atom stereocenters. The van der Waals surface area contributed by atoms with E-state index < -0.39 is 11.8 Å². The second-order valence-electron chi connectivity index (χ2n) is 3.76. The molecule has 0 unspecified atom stereocenters. The lowest BCUT2D eigenvalue weighted by Crippen LogP contribution is -2.04. The number of hydrogen-bond donors (Lipinski definition) is 1. The number of benzene rings is 1. The van der Waals surface area contributed by atoms with Gasteiger partial charge in [-0.15, -0.1) is 0 Å². The van der Waals surface area contributed by atoms with E-state index in [9.17, 15) is 14.3 Å². The molecule has 3 nitrogen and oxygen atoms in total. The summed E-state index contributed by atoms with van der Waals surface area (Å²) < 4.78 is 14.0. The molecular weight excluding hydrogens is 301 g/mol. The summed E-state index contributed by atoms with van der Waals surface area (Å²) in [5.74, 6) is -1.61. The summed E-state index contributed by atoms with van der Waals surface area (Å²) in [4.78, 5) is 15.3. The molecule has 0 bridgehead atoms. The maximum atomic E-state index is 13.8. The van der Waals surface area contributed by atoms with Gasteiger partial charge in [0.05, 0.1) is 0 Å². The molecule has 5 heteroatoms. The number of aromatic carboxylic acids is 1. The molecule has 0 fully saturated rings. The summed E-state index contributed by atoms with van der Waals surface area (Å²) in [6, 6.07) is 7.62.